The topological polar surface area (TPSA) is 12.5 Å². The predicted octanol–water partition coefficient (Wildman–Crippen LogP) is 3.22. The molecule has 0 saturated carbocycles. The van der Waals surface area contributed by atoms with Gasteiger partial charge in [-0.25, -0.2) is 0 Å². The van der Waals surface area contributed by atoms with E-state index in [9.17, 15) is 0 Å². The molecule has 1 nitrogen and oxygen atoms in total. The first-order valence-electron chi connectivity index (χ1n) is 5.97. The SMILES string of the molecule is CCC(C)Cc1ccc(CC2CO2)cc1. The lowest BCUT2D eigenvalue weighted by atomic mass is 9.97. The highest BCUT2D eigenvalue weighted by atomic mass is 16.6. The van der Waals surface area contributed by atoms with Crippen LogP contribution in [-0.4, -0.2) is 12.7 Å². The first-order chi connectivity index (χ1) is 7.28. The third-order valence-corrected chi connectivity index (χ3v) is 3.17. The molecule has 1 heteroatoms. The first kappa shape index (κ1) is 10.7. The molecule has 1 aromatic carbocycles. The maximum Gasteiger partial charge on any atom is 0.0850 e. The molecule has 1 fully saturated rings. The Morgan fingerprint density at radius 3 is 2.40 bits per heavy atom. The number of epoxide rings is 1. The Bertz CT molecular complexity index is 298. The molecule has 0 spiro atoms. The lowest BCUT2D eigenvalue weighted by Gasteiger charge is -2.08. The van der Waals surface area contributed by atoms with Crippen LogP contribution < -0.4 is 0 Å². The van der Waals surface area contributed by atoms with Crippen LogP contribution in [0, 0.1) is 5.92 Å². The molecule has 0 aromatic heterocycles. The Hall–Kier alpha value is -0.820. The lowest BCUT2D eigenvalue weighted by Crippen LogP contribution is -1.98. The zero-order chi connectivity index (χ0) is 10.7. The Morgan fingerprint density at radius 1 is 1.27 bits per heavy atom. The van der Waals surface area contributed by atoms with E-state index in [2.05, 4.69) is 38.1 Å². The maximum absolute atomic E-state index is 5.22. The number of benzene rings is 1. The summed E-state index contributed by atoms with van der Waals surface area (Å²) in [5.41, 5.74) is 2.87. The number of ether oxygens (including phenoxy) is 1. The molecule has 0 aliphatic carbocycles. The van der Waals surface area contributed by atoms with Crippen molar-refractivity contribution in [3.8, 4) is 0 Å². The van der Waals surface area contributed by atoms with Crippen molar-refractivity contribution in [3.63, 3.8) is 0 Å². The van der Waals surface area contributed by atoms with Gasteiger partial charge in [0.2, 0.25) is 0 Å². The first-order valence-corrected chi connectivity index (χ1v) is 5.97. The van der Waals surface area contributed by atoms with Crippen molar-refractivity contribution in [2.75, 3.05) is 6.61 Å². The van der Waals surface area contributed by atoms with Gasteiger partial charge in [0, 0.05) is 6.42 Å². The van der Waals surface area contributed by atoms with E-state index >= 15 is 0 Å². The van der Waals surface area contributed by atoms with Gasteiger partial charge in [0.1, 0.15) is 0 Å². The summed E-state index contributed by atoms with van der Waals surface area (Å²) >= 11 is 0. The second kappa shape index (κ2) is 4.80. The molecular formula is C14H20O. The third kappa shape index (κ3) is 3.35. The molecule has 2 unspecified atom stereocenters. The summed E-state index contributed by atoms with van der Waals surface area (Å²) in [4.78, 5) is 0. The van der Waals surface area contributed by atoms with E-state index in [4.69, 9.17) is 4.74 Å². The van der Waals surface area contributed by atoms with Crippen molar-refractivity contribution in [1.29, 1.82) is 0 Å². The highest BCUT2D eigenvalue weighted by Gasteiger charge is 2.22. The van der Waals surface area contributed by atoms with Gasteiger partial charge in [-0.3, -0.25) is 0 Å². The van der Waals surface area contributed by atoms with E-state index in [1.165, 1.54) is 24.0 Å². The molecule has 1 aliphatic heterocycles. The van der Waals surface area contributed by atoms with E-state index in [0.717, 1.165) is 18.9 Å². The van der Waals surface area contributed by atoms with E-state index < -0.39 is 0 Å². The molecule has 0 bridgehead atoms. The van der Waals surface area contributed by atoms with E-state index in [1.807, 2.05) is 0 Å². The molecule has 82 valence electrons. The summed E-state index contributed by atoms with van der Waals surface area (Å²) in [5.74, 6) is 0.794. The van der Waals surface area contributed by atoms with Crippen LogP contribution in [0.2, 0.25) is 0 Å². The zero-order valence-electron chi connectivity index (χ0n) is 9.70. The third-order valence-electron chi connectivity index (χ3n) is 3.17. The smallest absolute Gasteiger partial charge is 0.0850 e. The summed E-state index contributed by atoms with van der Waals surface area (Å²) in [6.07, 6.45) is 4.06. The van der Waals surface area contributed by atoms with Crippen molar-refractivity contribution in [2.24, 2.45) is 5.92 Å². The van der Waals surface area contributed by atoms with Crippen molar-refractivity contribution < 1.29 is 4.74 Å². The molecule has 0 radical (unpaired) electrons. The van der Waals surface area contributed by atoms with Gasteiger partial charge < -0.3 is 4.74 Å². The Labute approximate surface area is 92.5 Å². The summed E-state index contributed by atoms with van der Waals surface area (Å²) in [5, 5.41) is 0. The molecule has 15 heavy (non-hydrogen) atoms. The predicted molar refractivity (Wildman–Crippen MR) is 63.0 cm³/mol. The monoisotopic (exact) mass is 204 g/mol. The quantitative estimate of drug-likeness (QED) is 0.671. The van der Waals surface area contributed by atoms with Crippen LogP contribution in [0.25, 0.3) is 0 Å². The molecule has 1 heterocycles. The summed E-state index contributed by atoms with van der Waals surface area (Å²) in [6, 6.07) is 9.03. The molecule has 2 atom stereocenters. The number of hydrogen-bond donors (Lipinski definition) is 0. The number of rotatable bonds is 5. The zero-order valence-corrected chi connectivity index (χ0v) is 9.70. The number of hydrogen-bond acceptors (Lipinski definition) is 1. The summed E-state index contributed by atoms with van der Waals surface area (Å²) < 4.78 is 5.22. The fraction of sp³-hybridized carbons (Fsp3) is 0.571. The molecule has 2 rings (SSSR count). The molecular weight excluding hydrogens is 184 g/mol. The minimum atomic E-state index is 0.505. The molecule has 1 aliphatic rings. The average molecular weight is 204 g/mol. The molecule has 0 amide bonds. The summed E-state index contributed by atoms with van der Waals surface area (Å²) in [6.45, 7) is 5.52. The highest BCUT2D eigenvalue weighted by molar-refractivity contribution is 5.23. The van der Waals surface area contributed by atoms with Crippen LogP contribution in [0.1, 0.15) is 31.4 Å². The minimum absolute atomic E-state index is 0.505. The van der Waals surface area contributed by atoms with Gasteiger partial charge in [-0.05, 0) is 23.5 Å². The Balaban J connectivity index is 1.90. The molecule has 1 saturated heterocycles. The van der Waals surface area contributed by atoms with Gasteiger partial charge in [-0.15, -0.1) is 0 Å². The van der Waals surface area contributed by atoms with E-state index in [1.54, 1.807) is 0 Å². The van der Waals surface area contributed by atoms with Gasteiger partial charge in [-0.2, -0.15) is 0 Å². The largest absolute Gasteiger partial charge is 0.373 e. The van der Waals surface area contributed by atoms with Crippen molar-refractivity contribution in [1.82, 2.24) is 0 Å². The normalized spacial score (nSPS) is 21.3. The fourth-order valence-corrected chi connectivity index (χ4v) is 1.81. The van der Waals surface area contributed by atoms with Crippen LogP contribution in [0.4, 0.5) is 0 Å². The van der Waals surface area contributed by atoms with Crippen LogP contribution >= 0.6 is 0 Å². The van der Waals surface area contributed by atoms with E-state index in [0.29, 0.717) is 6.10 Å². The average Bonchev–Trinajstić information content (AvgIpc) is 3.05. The second-order valence-electron chi connectivity index (χ2n) is 4.69. The lowest BCUT2D eigenvalue weighted by molar-refractivity contribution is 0.407. The van der Waals surface area contributed by atoms with Crippen molar-refractivity contribution in [3.05, 3.63) is 35.4 Å². The summed E-state index contributed by atoms with van der Waals surface area (Å²) in [7, 11) is 0. The molecule has 1 aromatic rings. The van der Waals surface area contributed by atoms with Gasteiger partial charge in [-0.1, -0.05) is 44.5 Å². The van der Waals surface area contributed by atoms with Crippen LogP contribution in [-0.2, 0) is 17.6 Å². The second-order valence-corrected chi connectivity index (χ2v) is 4.69. The van der Waals surface area contributed by atoms with Gasteiger partial charge in [0.15, 0.2) is 0 Å². The Kier molecular flexibility index (Phi) is 3.42. The van der Waals surface area contributed by atoms with Crippen molar-refractivity contribution in [2.45, 2.75) is 39.2 Å². The highest BCUT2D eigenvalue weighted by Crippen LogP contribution is 2.18. The van der Waals surface area contributed by atoms with Crippen LogP contribution in [0.15, 0.2) is 24.3 Å². The standard InChI is InChI=1S/C14H20O/c1-3-11(2)8-12-4-6-13(7-5-12)9-14-10-15-14/h4-7,11,14H,3,8-10H2,1-2H3. The fourth-order valence-electron chi connectivity index (χ4n) is 1.81. The Morgan fingerprint density at radius 2 is 1.87 bits per heavy atom. The molecule has 0 N–H and O–H groups in total. The van der Waals surface area contributed by atoms with Gasteiger partial charge in [0.25, 0.3) is 0 Å². The van der Waals surface area contributed by atoms with E-state index in [-0.39, 0.29) is 0 Å². The van der Waals surface area contributed by atoms with Crippen LogP contribution in [0.3, 0.4) is 0 Å². The maximum atomic E-state index is 5.22. The van der Waals surface area contributed by atoms with Crippen LogP contribution in [0.5, 0.6) is 0 Å². The van der Waals surface area contributed by atoms with Gasteiger partial charge in [0.05, 0.1) is 12.7 Å². The minimum Gasteiger partial charge on any atom is -0.373 e. The van der Waals surface area contributed by atoms with Gasteiger partial charge >= 0.3 is 0 Å². The van der Waals surface area contributed by atoms with Crippen molar-refractivity contribution >= 4 is 0 Å².